The Kier molecular flexibility index (Phi) is 25.7. The summed E-state index contributed by atoms with van der Waals surface area (Å²) in [7, 11) is 0. The molecule has 0 aromatic rings. The van der Waals surface area contributed by atoms with Crippen molar-refractivity contribution in [3.63, 3.8) is 0 Å². The molecule has 1 heteroatoms. The van der Waals surface area contributed by atoms with Gasteiger partial charge in [-0.1, -0.05) is 55.4 Å². The SMILES string of the molecule is CC.CC.CC.CC1COCC1C. The van der Waals surface area contributed by atoms with Crippen LogP contribution in [0.2, 0.25) is 0 Å². The highest BCUT2D eigenvalue weighted by Gasteiger charge is 2.18. The predicted octanol–water partition coefficient (Wildman–Crippen LogP) is 4.37. The van der Waals surface area contributed by atoms with E-state index in [4.69, 9.17) is 4.74 Å². The summed E-state index contributed by atoms with van der Waals surface area (Å²) in [6, 6.07) is 0. The Morgan fingerprint density at radius 3 is 1.00 bits per heavy atom. The van der Waals surface area contributed by atoms with E-state index in [0.717, 1.165) is 25.0 Å². The molecule has 0 radical (unpaired) electrons. The van der Waals surface area contributed by atoms with Crippen molar-refractivity contribution in [3.05, 3.63) is 0 Å². The fourth-order valence-corrected chi connectivity index (χ4v) is 0.768. The van der Waals surface area contributed by atoms with E-state index in [1.165, 1.54) is 0 Å². The van der Waals surface area contributed by atoms with E-state index in [1.807, 2.05) is 41.5 Å². The minimum Gasteiger partial charge on any atom is -0.381 e. The summed E-state index contributed by atoms with van der Waals surface area (Å²) in [6.07, 6.45) is 0. The van der Waals surface area contributed by atoms with Crippen LogP contribution >= 0.6 is 0 Å². The Morgan fingerprint density at radius 2 is 0.923 bits per heavy atom. The minimum absolute atomic E-state index is 0.792. The van der Waals surface area contributed by atoms with Gasteiger partial charge in [-0.15, -0.1) is 0 Å². The molecule has 1 aliphatic rings. The van der Waals surface area contributed by atoms with Crippen LogP contribution in [0.1, 0.15) is 55.4 Å². The topological polar surface area (TPSA) is 9.23 Å². The van der Waals surface area contributed by atoms with E-state index < -0.39 is 0 Å². The molecule has 0 aromatic carbocycles. The normalized spacial score (nSPS) is 24.0. The van der Waals surface area contributed by atoms with E-state index in [-0.39, 0.29) is 0 Å². The quantitative estimate of drug-likeness (QED) is 0.551. The third-order valence-corrected chi connectivity index (χ3v) is 1.73. The van der Waals surface area contributed by atoms with Crippen LogP contribution < -0.4 is 0 Å². The Balaban J connectivity index is -0.000000144. The van der Waals surface area contributed by atoms with Crippen LogP contribution in [0.3, 0.4) is 0 Å². The maximum absolute atomic E-state index is 5.17. The average Bonchev–Trinajstić information content (AvgIpc) is 2.61. The predicted molar refractivity (Wildman–Crippen MR) is 63.2 cm³/mol. The minimum atomic E-state index is 0.792. The number of hydrogen-bond donors (Lipinski definition) is 0. The third-order valence-electron chi connectivity index (χ3n) is 1.73. The molecular weight excluding hydrogens is 160 g/mol. The van der Waals surface area contributed by atoms with E-state index >= 15 is 0 Å². The van der Waals surface area contributed by atoms with Crippen LogP contribution in [-0.4, -0.2) is 13.2 Å². The summed E-state index contributed by atoms with van der Waals surface area (Å²) >= 11 is 0. The summed E-state index contributed by atoms with van der Waals surface area (Å²) in [5, 5.41) is 0. The maximum Gasteiger partial charge on any atom is 0.0495 e. The molecular formula is C12H30O. The molecule has 13 heavy (non-hydrogen) atoms. The Labute approximate surface area is 85.9 Å². The Morgan fingerprint density at radius 1 is 0.692 bits per heavy atom. The number of rotatable bonds is 0. The van der Waals surface area contributed by atoms with Gasteiger partial charge < -0.3 is 4.74 Å². The molecule has 0 aliphatic carbocycles. The summed E-state index contributed by atoms with van der Waals surface area (Å²) in [5.41, 5.74) is 0. The van der Waals surface area contributed by atoms with Crippen molar-refractivity contribution in [2.24, 2.45) is 11.8 Å². The number of hydrogen-bond acceptors (Lipinski definition) is 1. The van der Waals surface area contributed by atoms with E-state index in [0.29, 0.717) is 0 Å². The van der Waals surface area contributed by atoms with Gasteiger partial charge in [0.1, 0.15) is 0 Å². The van der Waals surface area contributed by atoms with Gasteiger partial charge in [0.05, 0.1) is 0 Å². The van der Waals surface area contributed by atoms with Crippen molar-refractivity contribution in [1.82, 2.24) is 0 Å². The molecule has 0 N–H and O–H groups in total. The van der Waals surface area contributed by atoms with Crippen LogP contribution in [0.4, 0.5) is 0 Å². The van der Waals surface area contributed by atoms with Crippen LogP contribution in [0.15, 0.2) is 0 Å². The second-order valence-corrected chi connectivity index (χ2v) is 2.49. The first kappa shape index (κ1) is 18.7. The molecule has 1 aliphatic heterocycles. The fraction of sp³-hybridized carbons (Fsp3) is 1.00. The smallest absolute Gasteiger partial charge is 0.0495 e. The van der Waals surface area contributed by atoms with Crippen LogP contribution in [0.25, 0.3) is 0 Å². The highest BCUT2D eigenvalue weighted by Crippen LogP contribution is 2.17. The highest BCUT2D eigenvalue weighted by atomic mass is 16.5. The molecule has 2 atom stereocenters. The highest BCUT2D eigenvalue weighted by molar-refractivity contribution is 4.65. The molecule has 0 bridgehead atoms. The monoisotopic (exact) mass is 190 g/mol. The summed E-state index contributed by atoms with van der Waals surface area (Å²) in [4.78, 5) is 0. The second-order valence-electron chi connectivity index (χ2n) is 2.49. The molecule has 1 rings (SSSR count). The standard InChI is InChI=1S/C6H12O.3C2H6/c1-5-3-7-4-6(5)2;3*1-2/h5-6H,3-4H2,1-2H3;3*1-2H3. The maximum atomic E-state index is 5.17. The Hall–Kier alpha value is -0.0400. The van der Waals surface area contributed by atoms with Gasteiger partial charge in [0.2, 0.25) is 0 Å². The Bertz CT molecular complexity index is 54.1. The number of ether oxygens (including phenoxy) is 1. The summed E-state index contributed by atoms with van der Waals surface area (Å²) in [6.45, 7) is 18.4. The van der Waals surface area contributed by atoms with E-state index in [9.17, 15) is 0 Å². The van der Waals surface area contributed by atoms with E-state index in [2.05, 4.69) is 13.8 Å². The van der Waals surface area contributed by atoms with Gasteiger partial charge in [-0.2, -0.15) is 0 Å². The average molecular weight is 190 g/mol. The lowest BCUT2D eigenvalue weighted by molar-refractivity contribution is 0.183. The first-order chi connectivity index (χ1) is 6.30. The molecule has 2 unspecified atom stereocenters. The first-order valence-electron chi connectivity index (χ1n) is 5.88. The van der Waals surface area contributed by atoms with Gasteiger partial charge in [-0.3, -0.25) is 0 Å². The van der Waals surface area contributed by atoms with Crippen molar-refractivity contribution in [1.29, 1.82) is 0 Å². The van der Waals surface area contributed by atoms with Crippen molar-refractivity contribution in [2.75, 3.05) is 13.2 Å². The van der Waals surface area contributed by atoms with Crippen molar-refractivity contribution in [3.8, 4) is 0 Å². The molecule has 0 saturated carbocycles. The summed E-state index contributed by atoms with van der Waals surface area (Å²) < 4.78 is 5.17. The fourth-order valence-electron chi connectivity index (χ4n) is 0.768. The molecule has 0 aromatic heterocycles. The lowest BCUT2D eigenvalue weighted by Gasteiger charge is -2.01. The van der Waals surface area contributed by atoms with Crippen molar-refractivity contribution >= 4 is 0 Å². The largest absolute Gasteiger partial charge is 0.381 e. The van der Waals surface area contributed by atoms with Gasteiger partial charge in [0, 0.05) is 13.2 Å². The van der Waals surface area contributed by atoms with Gasteiger partial charge in [-0.25, -0.2) is 0 Å². The molecule has 1 fully saturated rings. The zero-order valence-electron chi connectivity index (χ0n) is 11.0. The second kappa shape index (κ2) is 17.9. The van der Waals surface area contributed by atoms with E-state index in [1.54, 1.807) is 0 Å². The molecule has 1 nitrogen and oxygen atoms in total. The molecule has 1 saturated heterocycles. The van der Waals surface area contributed by atoms with Crippen molar-refractivity contribution < 1.29 is 4.74 Å². The van der Waals surface area contributed by atoms with Crippen LogP contribution in [0, 0.1) is 11.8 Å². The summed E-state index contributed by atoms with van der Waals surface area (Å²) in [5.74, 6) is 1.58. The van der Waals surface area contributed by atoms with Gasteiger partial charge >= 0.3 is 0 Å². The lowest BCUT2D eigenvalue weighted by Crippen LogP contribution is -2.01. The first-order valence-corrected chi connectivity index (χ1v) is 5.88. The lowest BCUT2D eigenvalue weighted by atomic mass is 10.0. The zero-order chi connectivity index (χ0) is 11.3. The third kappa shape index (κ3) is 12.0. The molecule has 0 spiro atoms. The van der Waals surface area contributed by atoms with Gasteiger partial charge in [-0.05, 0) is 11.8 Å². The van der Waals surface area contributed by atoms with Crippen molar-refractivity contribution in [2.45, 2.75) is 55.4 Å². The van der Waals surface area contributed by atoms with Gasteiger partial charge in [0.15, 0.2) is 0 Å². The van der Waals surface area contributed by atoms with Crippen LogP contribution in [-0.2, 0) is 4.74 Å². The van der Waals surface area contributed by atoms with Crippen LogP contribution in [0.5, 0.6) is 0 Å². The molecule has 0 amide bonds. The molecule has 1 heterocycles. The molecule has 84 valence electrons. The zero-order valence-corrected chi connectivity index (χ0v) is 11.0. The van der Waals surface area contributed by atoms with Gasteiger partial charge in [0.25, 0.3) is 0 Å².